The number of quaternary nitrogens is 1. The molecule has 1 saturated heterocycles. The van der Waals surface area contributed by atoms with Gasteiger partial charge in [-0.05, 0) is 48.5 Å². The van der Waals surface area contributed by atoms with Crippen molar-refractivity contribution >= 4 is 22.0 Å². The molecular weight excluding hydrogens is 417 g/mol. The van der Waals surface area contributed by atoms with E-state index in [1.165, 1.54) is 44.9 Å². The molecule has 31 heavy (non-hydrogen) atoms. The fraction of sp³-hybridized carbons (Fsp3) is 0.273. The molecule has 160 valence electrons. The zero-order valence-corrected chi connectivity index (χ0v) is 17.8. The van der Waals surface area contributed by atoms with E-state index in [9.17, 15) is 9.50 Å². The Morgan fingerprint density at radius 1 is 1.10 bits per heavy atom. The third kappa shape index (κ3) is 3.70. The van der Waals surface area contributed by atoms with Crippen molar-refractivity contribution in [2.75, 3.05) is 38.2 Å². The molecule has 0 saturated carbocycles. The maximum absolute atomic E-state index is 13.6. The molecule has 2 N–H and O–H groups in total. The van der Waals surface area contributed by atoms with Crippen molar-refractivity contribution in [3.63, 3.8) is 0 Å². The van der Waals surface area contributed by atoms with Gasteiger partial charge in [-0.1, -0.05) is 11.3 Å². The number of nitrogens with one attached hydrogen (secondary N) is 1. The quantitative estimate of drug-likeness (QED) is 0.498. The summed E-state index contributed by atoms with van der Waals surface area (Å²) in [6, 6.07) is 14.5. The molecule has 1 aliphatic rings. The van der Waals surface area contributed by atoms with Gasteiger partial charge >= 0.3 is 0 Å². The van der Waals surface area contributed by atoms with Crippen molar-refractivity contribution in [3.05, 3.63) is 71.1 Å². The highest BCUT2D eigenvalue weighted by atomic mass is 32.1. The van der Waals surface area contributed by atoms with Crippen LogP contribution >= 0.6 is 11.3 Å². The highest BCUT2D eigenvalue weighted by Gasteiger charge is 2.34. The number of benzene rings is 2. The summed E-state index contributed by atoms with van der Waals surface area (Å²) < 4.78 is 20.3. The van der Waals surface area contributed by atoms with E-state index in [1.54, 1.807) is 19.2 Å². The van der Waals surface area contributed by atoms with Gasteiger partial charge in [0.15, 0.2) is 6.04 Å². The topological polar surface area (TPSA) is 67.3 Å². The molecule has 3 heterocycles. The summed E-state index contributed by atoms with van der Waals surface area (Å²) in [6.45, 7) is 3.50. The lowest BCUT2D eigenvalue weighted by atomic mass is 10.0. The molecule has 0 amide bonds. The lowest BCUT2D eigenvalue weighted by Gasteiger charge is -2.37. The average molecular weight is 441 g/mol. The van der Waals surface area contributed by atoms with E-state index in [0.29, 0.717) is 4.96 Å². The van der Waals surface area contributed by atoms with Gasteiger partial charge in [-0.15, -0.1) is 0 Å². The second-order valence-corrected chi connectivity index (χ2v) is 8.58. The fourth-order valence-electron chi connectivity index (χ4n) is 4.24. The molecule has 0 aliphatic carbocycles. The summed E-state index contributed by atoms with van der Waals surface area (Å²) in [7, 11) is 1.67. The fourth-order valence-corrected chi connectivity index (χ4v) is 5.36. The van der Waals surface area contributed by atoms with Gasteiger partial charge in [-0.3, -0.25) is 0 Å². The minimum atomic E-state index is -0.270. The van der Waals surface area contributed by atoms with E-state index in [-0.39, 0.29) is 17.7 Å². The zero-order valence-electron chi connectivity index (χ0n) is 17.0. The number of methoxy groups -OCH3 is 1. The molecule has 5 rings (SSSR count). The standard InChI is InChI=1S/C22H22FN5O2S/c1-30-18-8-6-17(7-9-18)26-10-12-27(13-11-26)19(15-2-4-16(23)5-3-15)20-21(29)28-22(31-20)24-14-25-28/h2-9,14,19,29H,10-13H2,1H3/p+1/t19-/m1/s1. The normalized spacial score (nSPS) is 16.0. The van der Waals surface area contributed by atoms with Crippen molar-refractivity contribution in [1.82, 2.24) is 14.6 Å². The molecule has 1 aliphatic heterocycles. The molecule has 2 aromatic carbocycles. The van der Waals surface area contributed by atoms with Crippen LogP contribution in [0.15, 0.2) is 54.9 Å². The molecule has 1 fully saturated rings. The van der Waals surface area contributed by atoms with E-state index in [1.807, 2.05) is 12.1 Å². The minimum absolute atomic E-state index is 0.108. The van der Waals surface area contributed by atoms with Gasteiger partial charge in [-0.2, -0.15) is 9.61 Å². The van der Waals surface area contributed by atoms with Gasteiger partial charge < -0.3 is 19.6 Å². The molecular formula is C22H23FN5O2S+. The summed E-state index contributed by atoms with van der Waals surface area (Å²) in [5.74, 6) is 0.682. The first-order valence-electron chi connectivity index (χ1n) is 10.1. The number of aromatic nitrogens is 3. The summed E-state index contributed by atoms with van der Waals surface area (Å²) >= 11 is 1.43. The lowest BCUT2D eigenvalue weighted by Crippen LogP contribution is -3.15. The molecule has 0 radical (unpaired) electrons. The average Bonchev–Trinajstić information content (AvgIpc) is 3.39. The van der Waals surface area contributed by atoms with Crippen LogP contribution in [0.5, 0.6) is 11.6 Å². The van der Waals surface area contributed by atoms with Crippen LogP contribution in [-0.4, -0.2) is 53.0 Å². The monoisotopic (exact) mass is 440 g/mol. The summed E-state index contributed by atoms with van der Waals surface area (Å²) in [4.78, 5) is 9.34. The van der Waals surface area contributed by atoms with Crippen molar-refractivity contribution in [2.45, 2.75) is 6.04 Å². The van der Waals surface area contributed by atoms with Crippen LogP contribution < -0.4 is 14.5 Å². The van der Waals surface area contributed by atoms with E-state index in [2.05, 4.69) is 27.1 Å². The maximum Gasteiger partial charge on any atom is 0.235 e. The van der Waals surface area contributed by atoms with E-state index in [0.717, 1.165) is 42.4 Å². The highest BCUT2D eigenvalue weighted by Crippen LogP contribution is 2.34. The predicted octanol–water partition coefficient (Wildman–Crippen LogP) is 2.14. The number of piperazine rings is 1. The van der Waals surface area contributed by atoms with E-state index >= 15 is 0 Å². The Balaban J connectivity index is 1.42. The first-order chi connectivity index (χ1) is 15.1. The van der Waals surface area contributed by atoms with Crippen LogP contribution in [0.3, 0.4) is 0 Å². The van der Waals surface area contributed by atoms with Crippen molar-refractivity contribution in [2.24, 2.45) is 0 Å². The second kappa shape index (κ2) is 8.16. The van der Waals surface area contributed by atoms with Crippen LogP contribution in [0, 0.1) is 5.82 Å². The molecule has 1 atom stereocenters. The Bertz CT molecular complexity index is 1170. The molecule has 0 bridgehead atoms. The highest BCUT2D eigenvalue weighted by molar-refractivity contribution is 7.17. The van der Waals surface area contributed by atoms with Crippen LogP contribution in [0.4, 0.5) is 10.1 Å². The Kier molecular flexibility index (Phi) is 5.21. The first kappa shape index (κ1) is 19.8. The molecule has 9 heteroatoms. The third-order valence-corrected chi connectivity index (χ3v) is 6.95. The van der Waals surface area contributed by atoms with Crippen LogP contribution in [-0.2, 0) is 0 Å². The Morgan fingerprint density at radius 2 is 1.81 bits per heavy atom. The second-order valence-electron chi connectivity index (χ2n) is 7.57. The Morgan fingerprint density at radius 3 is 2.45 bits per heavy atom. The maximum atomic E-state index is 13.6. The van der Waals surface area contributed by atoms with Crippen LogP contribution in [0.2, 0.25) is 0 Å². The first-order valence-corrected chi connectivity index (χ1v) is 11.0. The van der Waals surface area contributed by atoms with Gasteiger partial charge in [0.05, 0.1) is 33.3 Å². The van der Waals surface area contributed by atoms with Crippen LogP contribution in [0.25, 0.3) is 4.96 Å². The summed E-state index contributed by atoms with van der Waals surface area (Å²) in [5.41, 5.74) is 2.13. The number of rotatable bonds is 5. The van der Waals surface area contributed by atoms with Gasteiger partial charge in [0, 0.05) is 11.3 Å². The number of nitrogens with zero attached hydrogens (tertiary/aromatic N) is 4. The van der Waals surface area contributed by atoms with Crippen molar-refractivity contribution < 1.29 is 19.1 Å². The third-order valence-electron chi connectivity index (χ3n) is 5.86. The minimum Gasteiger partial charge on any atom is -0.497 e. The zero-order chi connectivity index (χ0) is 21.4. The van der Waals surface area contributed by atoms with Gasteiger partial charge in [0.2, 0.25) is 10.8 Å². The Labute approximate surface area is 182 Å². The predicted molar refractivity (Wildman–Crippen MR) is 117 cm³/mol. The van der Waals surface area contributed by atoms with Crippen molar-refractivity contribution in [1.29, 1.82) is 0 Å². The molecule has 0 unspecified atom stereocenters. The van der Waals surface area contributed by atoms with Gasteiger partial charge in [0.25, 0.3) is 0 Å². The summed E-state index contributed by atoms with van der Waals surface area (Å²) in [6.07, 6.45) is 1.43. The molecule has 0 spiro atoms. The van der Waals surface area contributed by atoms with Gasteiger partial charge in [-0.25, -0.2) is 9.37 Å². The number of hydrogen-bond acceptors (Lipinski definition) is 6. The van der Waals surface area contributed by atoms with E-state index < -0.39 is 0 Å². The molecule has 2 aromatic heterocycles. The Hall–Kier alpha value is -3.17. The largest absolute Gasteiger partial charge is 0.497 e. The number of hydrogen-bond donors (Lipinski definition) is 2. The number of ether oxygens (including phenoxy) is 1. The van der Waals surface area contributed by atoms with Crippen LogP contribution in [0.1, 0.15) is 16.5 Å². The molecule has 7 nitrogen and oxygen atoms in total. The lowest BCUT2D eigenvalue weighted by molar-refractivity contribution is -0.925. The smallest absolute Gasteiger partial charge is 0.235 e. The number of anilines is 1. The van der Waals surface area contributed by atoms with Gasteiger partial charge in [0.1, 0.15) is 22.8 Å². The number of halogens is 1. The SMILES string of the molecule is COc1ccc(N2CC[NH+]([C@H](c3ccc(F)cc3)c3sc4ncnn4c3O)CC2)cc1. The summed E-state index contributed by atoms with van der Waals surface area (Å²) in [5, 5.41) is 15.0. The number of fused-ring (bicyclic) bond motifs is 1. The number of aromatic hydroxyl groups is 1. The van der Waals surface area contributed by atoms with Crippen molar-refractivity contribution in [3.8, 4) is 11.6 Å². The van der Waals surface area contributed by atoms with E-state index in [4.69, 9.17) is 4.74 Å². The number of thiazole rings is 1. The molecule has 4 aromatic rings.